The summed E-state index contributed by atoms with van der Waals surface area (Å²) >= 11 is 5.97. The molecule has 5 nitrogen and oxygen atoms in total. The van der Waals surface area contributed by atoms with Gasteiger partial charge in [-0.1, -0.05) is 35.0 Å². The van der Waals surface area contributed by atoms with E-state index in [1.165, 1.54) is 6.08 Å². The number of hydrogen-bond acceptors (Lipinski definition) is 4. The van der Waals surface area contributed by atoms with Crippen LogP contribution in [0.25, 0.3) is 6.08 Å². The monoisotopic (exact) mass is 277 g/mol. The van der Waals surface area contributed by atoms with Crippen LogP contribution in [0.4, 0.5) is 0 Å². The number of nitrogens with one attached hydrogen (secondary N) is 1. The van der Waals surface area contributed by atoms with Gasteiger partial charge < -0.3 is 9.84 Å². The molecule has 0 aliphatic carbocycles. The Morgan fingerprint density at radius 2 is 2.26 bits per heavy atom. The molecule has 0 bridgehead atoms. The van der Waals surface area contributed by atoms with Crippen molar-refractivity contribution in [2.75, 3.05) is 0 Å². The van der Waals surface area contributed by atoms with Crippen molar-refractivity contribution in [3.8, 4) is 0 Å². The summed E-state index contributed by atoms with van der Waals surface area (Å²) in [7, 11) is 0. The Bertz CT molecular complexity index is 607. The Morgan fingerprint density at radius 1 is 1.47 bits per heavy atom. The second-order valence-electron chi connectivity index (χ2n) is 3.81. The number of carbonyl (C=O) groups is 1. The third-order valence-electron chi connectivity index (χ3n) is 2.30. The number of carbonyl (C=O) groups excluding carboxylic acids is 1. The number of benzene rings is 1. The van der Waals surface area contributed by atoms with Gasteiger partial charge in [-0.05, 0) is 24.6 Å². The van der Waals surface area contributed by atoms with Crippen LogP contribution in [0.3, 0.4) is 0 Å². The van der Waals surface area contributed by atoms with Gasteiger partial charge in [0.15, 0.2) is 5.82 Å². The van der Waals surface area contributed by atoms with E-state index in [9.17, 15) is 4.79 Å². The molecule has 0 aliphatic rings. The highest BCUT2D eigenvalue weighted by Gasteiger charge is 2.03. The van der Waals surface area contributed by atoms with Gasteiger partial charge in [0.1, 0.15) is 0 Å². The van der Waals surface area contributed by atoms with E-state index in [2.05, 4.69) is 15.5 Å². The summed E-state index contributed by atoms with van der Waals surface area (Å²) in [4.78, 5) is 15.6. The van der Waals surface area contributed by atoms with Gasteiger partial charge >= 0.3 is 0 Å². The molecule has 1 N–H and O–H groups in total. The zero-order valence-corrected chi connectivity index (χ0v) is 11.0. The standard InChI is InChI=1S/C13H12ClN3O2/c1-9-16-13(19-17-9)8-15-12(18)7-6-10-4-2-3-5-11(10)14/h2-7H,8H2,1H3,(H,15,18). The lowest BCUT2D eigenvalue weighted by molar-refractivity contribution is -0.116. The first-order valence-electron chi connectivity index (χ1n) is 5.65. The Morgan fingerprint density at radius 3 is 2.95 bits per heavy atom. The first-order chi connectivity index (χ1) is 9.15. The van der Waals surface area contributed by atoms with Crippen molar-refractivity contribution in [1.29, 1.82) is 0 Å². The van der Waals surface area contributed by atoms with E-state index in [-0.39, 0.29) is 12.5 Å². The predicted octanol–water partition coefficient (Wildman–Crippen LogP) is 2.36. The van der Waals surface area contributed by atoms with Crippen LogP contribution >= 0.6 is 11.6 Å². The molecule has 0 aliphatic heterocycles. The van der Waals surface area contributed by atoms with Crippen molar-refractivity contribution in [2.45, 2.75) is 13.5 Å². The quantitative estimate of drug-likeness (QED) is 0.871. The summed E-state index contributed by atoms with van der Waals surface area (Å²) < 4.78 is 4.88. The SMILES string of the molecule is Cc1noc(CNC(=O)C=Cc2ccccc2Cl)n1. The van der Waals surface area contributed by atoms with Gasteiger partial charge in [0, 0.05) is 11.1 Å². The largest absolute Gasteiger partial charge is 0.343 e. The molecule has 19 heavy (non-hydrogen) atoms. The van der Waals surface area contributed by atoms with Gasteiger partial charge in [0.05, 0.1) is 6.54 Å². The molecule has 0 saturated heterocycles. The lowest BCUT2D eigenvalue weighted by Crippen LogP contribution is -2.20. The highest BCUT2D eigenvalue weighted by molar-refractivity contribution is 6.32. The number of hydrogen-bond donors (Lipinski definition) is 1. The molecule has 0 unspecified atom stereocenters. The van der Waals surface area contributed by atoms with E-state index in [0.29, 0.717) is 16.7 Å². The molecule has 1 heterocycles. The van der Waals surface area contributed by atoms with Crippen LogP contribution in [0.5, 0.6) is 0 Å². The first-order valence-corrected chi connectivity index (χ1v) is 6.02. The van der Waals surface area contributed by atoms with E-state index in [0.717, 1.165) is 5.56 Å². The van der Waals surface area contributed by atoms with Gasteiger partial charge in [0.2, 0.25) is 11.8 Å². The van der Waals surface area contributed by atoms with Crippen LogP contribution in [0, 0.1) is 6.92 Å². The van der Waals surface area contributed by atoms with Crippen LogP contribution in [0.15, 0.2) is 34.9 Å². The molecule has 2 aromatic rings. The summed E-state index contributed by atoms with van der Waals surface area (Å²) in [6, 6.07) is 7.27. The number of nitrogens with zero attached hydrogens (tertiary/aromatic N) is 2. The van der Waals surface area contributed by atoms with Crippen LogP contribution in [-0.4, -0.2) is 16.0 Å². The van der Waals surface area contributed by atoms with Crippen molar-refractivity contribution in [3.05, 3.63) is 52.6 Å². The van der Waals surface area contributed by atoms with Gasteiger partial charge in [-0.2, -0.15) is 4.98 Å². The van der Waals surface area contributed by atoms with Gasteiger partial charge in [-0.3, -0.25) is 4.79 Å². The molecular formula is C13H12ClN3O2. The minimum atomic E-state index is -0.254. The maximum atomic E-state index is 11.6. The Balaban J connectivity index is 1.89. The Labute approximate surface area is 115 Å². The molecule has 1 amide bonds. The van der Waals surface area contributed by atoms with Gasteiger partial charge in [-0.25, -0.2) is 0 Å². The highest BCUT2D eigenvalue weighted by Crippen LogP contribution is 2.15. The summed E-state index contributed by atoms with van der Waals surface area (Å²) in [6.07, 6.45) is 3.06. The number of aryl methyl sites for hydroxylation is 1. The third kappa shape index (κ3) is 3.93. The molecule has 0 atom stereocenters. The normalized spacial score (nSPS) is 10.8. The molecule has 0 spiro atoms. The van der Waals surface area contributed by atoms with Gasteiger partial charge in [0.25, 0.3) is 0 Å². The van der Waals surface area contributed by atoms with E-state index >= 15 is 0 Å². The maximum Gasteiger partial charge on any atom is 0.246 e. The van der Waals surface area contributed by atoms with E-state index in [1.807, 2.05) is 18.2 Å². The van der Waals surface area contributed by atoms with Crippen molar-refractivity contribution >= 4 is 23.6 Å². The minimum Gasteiger partial charge on any atom is -0.343 e. The first kappa shape index (κ1) is 13.3. The number of amides is 1. The minimum absolute atomic E-state index is 0.201. The van der Waals surface area contributed by atoms with Crippen LogP contribution in [-0.2, 0) is 11.3 Å². The van der Waals surface area contributed by atoms with Crippen molar-refractivity contribution in [3.63, 3.8) is 0 Å². The maximum absolute atomic E-state index is 11.6. The highest BCUT2D eigenvalue weighted by atomic mass is 35.5. The van der Waals surface area contributed by atoms with Crippen LogP contribution in [0.1, 0.15) is 17.3 Å². The smallest absolute Gasteiger partial charge is 0.246 e. The molecule has 0 saturated carbocycles. The second-order valence-corrected chi connectivity index (χ2v) is 4.22. The number of rotatable bonds is 4. The van der Waals surface area contributed by atoms with E-state index in [4.69, 9.17) is 16.1 Å². The Hall–Kier alpha value is -2.14. The fourth-order valence-electron chi connectivity index (χ4n) is 1.41. The summed E-state index contributed by atoms with van der Waals surface area (Å²) in [6.45, 7) is 1.92. The predicted molar refractivity (Wildman–Crippen MR) is 71.4 cm³/mol. The summed E-state index contributed by atoms with van der Waals surface area (Å²) in [5, 5.41) is 6.86. The molecule has 0 fully saturated rings. The average molecular weight is 278 g/mol. The molecule has 6 heteroatoms. The molecular weight excluding hydrogens is 266 g/mol. The zero-order chi connectivity index (χ0) is 13.7. The van der Waals surface area contributed by atoms with Crippen molar-refractivity contribution in [1.82, 2.24) is 15.5 Å². The summed E-state index contributed by atoms with van der Waals surface area (Å²) in [5.74, 6) is 0.656. The molecule has 98 valence electrons. The molecule has 1 aromatic heterocycles. The fraction of sp³-hybridized carbons (Fsp3) is 0.154. The fourth-order valence-corrected chi connectivity index (χ4v) is 1.61. The van der Waals surface area contributed by atoms with E-state index < -0.39 is 0 Å². The second kappa shape index (κ2) is 6.15. The lowest BCUT2D eigenvalue weighted by atomic mass is 10.2. The zero-order valence-electron chi connectivity index (χ0n) is 10.3. The number of halogens is 1. The topological polar surface area (TPSA) is 68.0 Å². The molecule has 0 radical (unpaired) electrons. The average Bonchev–Trinajstić information content (AvgIpc) is 2.81. The van der Waals surface area contributed by atoms with Crippen LogP contribution in [0.2, 0.25) is 5.02 Å². The van der Waals surface area contributed by atoms with E-state index in [1.54, 1.807) is 19.1 Å². The molecule has 2 rings (SSSR count). The third-order valence-corrected chi connectivity index (χ3v) is 2.65. The summed E-state index contributed by atoms with van der Waals surface area (Å²) in [5.41, 5.74) is 0.785. The number of aromatic nitrogens is 2. The lowest BCUT2D eigenvalue weighted by Gasteiger charge is -1.98. The van der Waals surface area contributed by atoms with Crippen LogP contribution < -0.4 is 5.32 Å². The van der Waals surface area contributed by atoms with Crippen molar-refractivity contribution < 1.29 is 9.32 Å². The Kier molecular flexibility index (Phi) is 4.30. The van der Waals surface area contributed by atoms with Gasteiger partial charge in [-0.15, -0.1) is 0 Å². The molecule has 1 aromatic carbocycles. The van der Waals surface area contributed by atoms with Crippen molar-refractivity contribution in [2.24, 2.45) is 0 Å².